The highest BCUT2D eigenvalue weighted by molar-refractivity contribution is 6.06. The zero-order chi connectivity index (χ0) is 18.0. The Kier molecular flexibility index (Phi) is 1.56. The van der Waals surface area contributed by atoms with Crippen LogP contribution in [0, 0.1) is 0 Å². The lowest BCUT2D eigenvalue weighted by Gasteiger charge is -2.29. The first-order chi connectivity index (χ1) is 11.1. The summed E-state index contributed by atoms with van der Waals surface area (Å²) in [6, 6.07) is -2.96. The minimum Gasteiger partial charge on any atom is -0.398 e. The van der Waals surface area contributed by atoms with Crippen molar-refractivity contribution >= 4 is 23.4 Å². The number of amides is 3. The average molecular weight is 264 g/mol. The van der Waals surface area contributed by atoms with E-state index in [2.05, 4.69) is 5.32 Å². The lowest BCUT2D eigenvalue weighted by molar-refractivity contribution is -0.136. The van der Waals surface area contributed by atoms with Crippen LogP contribution in [0.3, 0.4) is 0 Å². The van der Waals surface area contributed by atoms with Gasteiger partial charge in [-0.1, -0.05) is 6.04 Å². The molecule has 2 aliphatic rings. The van der Waals surface area contributed by atoms with Gasteiger partial charge in [0.1, 0.15) is 6.04 Å². The molecule has 19 heavy (non-hydrogen) atoms. The molecule has 6 heteroatoms. The maximum atomic E-state index is 12.7. The fourth-order valence-corrected chi connectivity index (χ4v) is 2.14. The molecule has 0 bridgehead atoms. The molecule has 1 saturated heterocycles. The normalized spacial score (nSPS) is 28.8. The Morgan fingerprint density at radius 3 is 2.95 bits per heavy atom. The predicted octanol–water partition coefficient (Wildman–Crippen LogP) is 0.0298. The van der Waals surface area contributed by atoms with Gasteiger partial charge in [-0.3, -0.25) is 19.7 Å². The van der Waals surface area contributed by atoms with Gasteiger partial charge in [-0.15, -0.1) is 0 Å². The average Bonchev–Trinajstić information content (AvgIpc) is 2.70. The number of nitrogens with one attached hydrogen (secondary N) is 1. The van der Waals surface area contributed by atoms with Gasteiger partial charge in [0.15, 0.2) is 0 Å². The first kappa shape index (κ1) is 7.28. The number of rotatable bonds is 1. The third-order valence-electron chi connectivity index (χ3n) is 3.09. The molecule has 3 amide bonds. The minimum absolute atomic E-state index is 0.0524. The third-order valence-corrected chi connectivity index (χ3v) is 3.09. The number of nitrogens with two attached hydrogens (primary N) is 1. The Morgan fingerprint density at radius 2 is 2.21 bits per heavy atom. The van der Waals surface area contributed by atoms with Crippen LogP contribution in [0.5, 0.6) is 0 Å². The summed E-state index contributed by atoms with van der Waals surface area (Å²) in [5.74, 6) is -2.27. The molecule has 0 saturated carbocycles. The van der Waals surface area contributed by atoms with Crippen molar-refractivity contribution in [3.8, 4) is 0 Å². The van der Waals surface area contributed by atoms with Gasteiger partial charge < -0.3 is 10.6 Å². The molecule has 3 rings (SSSR count). The molecule has 98 valence electrons. The topological polar surface area (TPSA) is 92.5 Å². The van der Waals surface area contributed by atoms with Crippen molar-refractivity contribution in [2.24, 2.45) is 0 Å². The number of carbonyl (C=O) groups is 3. The van der Waals surface area contributed by atoms with Crippen LogP contribution < -0.4 is 11.1 Å². The second kappa shape index (κ2) is 4.08. The van der Waals surface area contributed by atoms with Gasteiger partial charge in [-0.25, -0.2) is 0 Å². The smallest absolute Gasteiger partial charge is 0.255 e. The summed E-state index contributed by atoms with van der Waals surface area (Å²) in [5, 5.41) is 2.05. The number of hydrogen-bond acceptors (Lipinski definition) is 4. The second-order valence-electron chi connectivity index (χ2n) is 4.29. The van der Waals surface area contributed by atoms with Gasteiger partial charge in [0, 0.05) is 29.7 Å². The van der Waals surface area contributed by atoms with Crippen LogP contribution in [0.1, 0.15) is 35.6 Å². The molecule has 1 atom stereocenters. The van der Waals surface area contributed by atoms with Crippen LogP contribution in [0.2, 0.25) is 0 Å². The van der Waals surface area contributed by atoms with E-state index in [0.717, 1.165) is 0 Å². The summed E-state index contributed by atoms with van der Waals surface area (Å²) >= 11 is 0. The molecule has 0 unspecified atom stereocenters. The molecule has 3 N–H and O–H groups in total. The SMILES string of the molecule is [2H]c1c([2H])c(N)c2c(c1[2H])C(=O)N([C@@H]1CCC(=O)NC1=O)C2([2H])[2H]. The van der Waals surface area contributed by atoms with Crippen molar-refractivity contribution in [3.05, 3.63) is 29.3 Å². The van der Waals surface area contributed by atoms with Crippen molar-refractivity contribution in [1.82, 2.24) is 10.2 Å². The number of carbonyl (C=O) groups excluding carboxylic acids is 3. The number of imide groups is 1. The number of nitrogens with zero attached hydrogens (tertiary/aromatic N) is 1. The third kappa shape index (κ3) is 1.76. The van der Waals surface area contributed by atoms with Crippen molar-refractivity contribution in [2.75, 3.05) is 5.73 Å². The summed E-state index contributed by atoms with van der Waals surface area (Å²) in [4.78, 5) is 36.6. The van der Waals surface area contributed by atoms with Crippen LogP contribution >= 0.6 is 0 Å². The lowest BCUT2D eigenvalue weighted by Crippen LogP contribution is -2.52. The first-order valence-electron chi connectivity index (χ1n) is 8.16. The van der Waals surface area contributed by atoms with E-state index in [1.807, 2.05) is 0 Å². The van der Waals surface area contributed by atoms with Crippen LogP contribution in [-0.2, 0) is 16.1 Å². The van der Waals surface area contributed by atoms with E-state index >= 15 is 0 Å². The zero-order valence-corrected chi connectivity index (χ0v) is 9.74. The largest absolute Gasteiger partial charge is 0.398 e. The zero-order valence-electron chi connectivity index (χ0n) is 14.7. The van der Waals surface area contributed by atoms with Gasteiger partial charge in [0.05, 0.1) is 6.85 Å². The van der Waals surface area contributed by atoms with Crippen LogP contribution in [0.4, 0.5) is 5.69 Å². The second-order valence-corrected chi connectivity index (χ2v) is 4.29. The molecule has 0 aromatic heterocycles. The van der Waals surface area contributed by atoms with Crippen molar-refractivity contribution < 1.29 is 21.2 Å². The fourth-order valence-electron chi connectivity index (χ4n) is 2.14. The van der Waals surface area contributed by atoms with Crippen LogP contribution in [0.25, 0.3) is 0 Å². The van der Waals surface area contributed by atoms with Gasteiger partial charge in [-0.05, 0) is 18.5 Å². The molecule has 1 aromatic carbocycles. The number of anilines is 1. The first-order valence-corrected chi connectivity index (χ1v) is 5.66. The van der Waals surface area contributed by atoms with Gasteiger partial charge in [0.2, 0.25) is 11.8 Å². The van der Waals surface area contributed by atoms with Gasteiger partial charge in [-0.2, -0.15) is 0 Å². The van der Waals surface area contributed by atoms with Crippen LogP contribution in [-0.4, -0.2) is 28.7 Å². The fraction of sp³-hybridized carbons (Fsp3) is 0.308. The molecule has 0 radical (unpaired) electrons. The van der Waals surface area contributed by atoms with E-state index in [4.69, 9.17) is 12.6 Å². The Bertz CT molecular complexity index is 811. The Labute approximate surface area is 116 Å². The van der Waals surface area contributed by atoms with Crippen molar-refractivity contribution in [3.63, 3.8) is 0 Å². The maximum Gasteiger partial charge on any atom is 0.255 e. The van der Waals surface area contributed by atoms with Gasteiger partial charge in [0.25, 0.3) is 5.91 Å². The Hall–Kier alpha value is -2.37. The number of fused-ring (bicyclic) bond motifs is 1. The maximum absolute atomic E-state index is 12.7. The van der Waals surface area contributed by atoms with E-state index < -0.39 is 59.6 Å². The van der Waals surface area contributed by atoms with E-state index in [1.54, 1.807) is 0 Å². The monoisotopic (exact) mass is 264 g/mol. The molecule has 1 fully saturated rings. The molecular weight excluding hydrogens is 246 g/mol. The molecular formula is C13H13N3O3. The number of nitrogen functional groups attached to an aromatic ring is 1. The lowest BCUT2D eigenvalue weighted by atomic mass is 10.0. The van der Waals surface area contributed by atoms with Crippen LogP contribution in [0.15, 0.2) is 18.1 Å². The summed E-state index contributed by atoms with van der Waals surface area (Å²) < 4.78 is 39.7. The molecule has 0 spiro atoms. The number of benzene rings is 1. The molecule has 1 aromatic rings. The molecule has 6 nitrogen and oxygen atoms in total. The highest BCUT2D eigenvalue weighted by Crippen LogP contribution is 2.30. The number of hydrogen-bond donors (Lipinski definition) is 2. The summed E-state index contributed by atoms with van der Waals surface area (Å²) in [7, 11) is 0. The van der Waals surface area contributed by atoms with Gasteiger partial charge >= 0.3 is 0 Å². The summed E-state index contributed by atoms with van der Waals surface area (Å²) in [5.41, 5.74) is 4.54. The van der Waals surface area contributed by atoms with E-state index in [-0.39, 0.29) is 18.4 Å². The van der Waals surface area contributed by atoms with E-state index in [0.29, 0.717) is 4.90 Å². The Balaban J connectivity index is 2.18. The minimum atomic E-state index is -2.53. The molecule has 0 aliphatic carbocycles. The van der Waals surface area contributed by atoms with Crippen molar-refractivity contribution in [2.45, 2.75) is 25.4 Å². The van der Waals surface area contributed by atoms with E-state index in [1.165, 1.54) is 0 Å². The van der Waals surface area contributed by atoms with E-state index in [9.17, 15) is 14.4 Å². The van der Waals surface area contributed by atoms with Crippen molar-refractivity contribution in [1.29, 1.82) is 0 Å². The predicted molar refractivity (Wildman–Crippen MR) is 66.9 cm³/mol. The number of piperidine rings is 1. The quantitative estimate of drug-likeness (QED) is 0.553. The molecule has 2 heterocycles. The highest BCUT2D eigenvalue weighted by Gasteiger charge is 2.39. The Morgan fingerprint density at radius 1 is 1.42 bits per heavy atom. The summed E-state index contributed by atoms with van der Waals surface area (Å²) in [6.07, 6.45) is -0.109. The molecule has 2 aliphatic heterocycles. The summed E-state index contributed by atoms with van der Waals surface area (Å²) in [6.45, 7) is -2.53. The highest BCUT2D eigenvalue weighted by atomic mass is 16.2. The standard InChI is InChI=1S/C13H13N3O3/c14-9-3-1-2-7-8(9)6-16(13(7)19)10-4-5-11(17)15-12(10)18/h1-3,10H,4-6,14H2,(H,15,17,18)/t10-/m1/s1/i1D,2D,3D,6D2.